The lowest BCUT2D eigenvalue weighted by Crippen LogP contribution is -2.40. The van der Waals surface area contributed by atoms with Crippen LogP contribution < -0.4 is 10.6 Å². The Bertz CT molecular complexity index is 639. The van der Waals surface area contributed by atoms with Crippen molar-refractivity contribution in [3.8, 4) is 0 Å². The van der Waals surface area contributed by atoms with Crippen molar-refractivity contribution in [2.45, 2.75) is 62.0 Å². The zero-order valence-electron chi connectivity index (χ0n) is 14.2. The van der Waals surface area contributed by atoms with E-state index in [1.165, 1.54) is 26.2 Å². The van der Waals surface area contributed by atoms with Gasteiger partial charge in [-0.2, -0.15) is 0 Å². The molecule has 24 heavy (non-hydrogen) atoms. The van der Waals surface area contributed by atoms with Gasteiger partial charge in [0.25, 0.3) is 0 Å². The van der Waals surface area contributed by atoms with Gasteiger partial charge in [0.05, 0.1) is 0 Å². The monoisotopic (exact) mass is 374 g/mol. The molecule has 2 rings (SSSR count). The van der Waals surface area contributed by atoms with Crippen molar-refractivity contribution in [1.29, 1.82) is 0 Å². The van der Waals surface area contributed by atoms with E-state index in [1.54, 1.807) is 0 Å². The van der Waals surface area contributed by atoms with E-state index in [1.807, 2.05) is 6.92 Å². The minimum Gasteiger partial charge on any atom is -0.360 e. The zero-order valence-corrected chi connectivity index (χ0v) is 15.9. The number of nitrogens with zero attached hydrogens (tertiary/aromatic N) is 2. The number of nitrogens with one attached hydrogen (secondary N) is 2. The molecular weight excluding hydrogens is 348 g/mol. The third-order valence-electron chi connectivity index (χ3n) is 4.30. The highest BCUT2D eigenvalue weighted by atomic mass is 32.2. The van der Waals surface area contributed by atoms with Gasteiger partial charge in [-0.1, -0.05) is 37.5 Å². The van der Waals surface area contributed by atoms with Crippen LogP contribution in [0.5, 0.6) is 0 Å². The van der Waals surface area contributed by atoms with Crippen molar-refractivity contribution in [3.05, 3.63) is 0 Å². The van der Waals surface area contributed by atoms with Gasteiger partial charge in [-0.3, -0.25) is 4.79 Å². The molecule has 1 amide bonds. The van der Waals surface area contributed by atoms with E-state index in [4.69, 9.17) is 0 Å². The number of anilines is 1. The summed E-state index contributed by atoms with van der Waals surface area (Å²) in [5.74, 6) is 0.00261. The van der Waals surface area contributed by atoms with Crippen molar-refractivity contribution < 1.29 is 13.2 Å². The minimum absolute atomic E-state index is 0.110. The summed E-state index contributed by atoms with van der Waals surface area (Å²) in [6.07, 6.45) is 6.73. The Balaban J connectivity index is 1.94. The van der Waals surface area contributed by atoms with E-state index in [9.17, 15) is 13.2 Å². The fourth-order valence-corrected chi connectivity index (χ4v) is 5.16. The van der Waals surface area contributed by atoms with Gasteiger partial charge in [-0.05, 0) is 32.1 Å². The Hall–Kier alpha value is -1.22. The van der Waals surface area contributed by atoms with E-state index in [2.05, 4.69) is 20.8 Å². The summed E-state index contributed by atoms with van der Waals surface area (Å²) >= 11 is 0.970. The molecule has 1 aliphatic rings. The van der Waals surface area contributed by atoms with Crippen LogP contribution in [0, 0.1) is 5.92 Å². The predicted molar refractivity (Wildman–Crippen MR) is 94.9 cm³/mol. The van der Waals surface area contributed by atoms with Gasteiger partial charge in [-0.15, -0.1) is 10.2 Å². The molecule has 0 aromatic carbocycles. The normalized spacial score (nSPS) is 17.4. The molecule has 1 fully saturated rings. The van der Waals surface area contributed by atoms with Crippen molar-refractivity contribution in [2.24, 2.45) is 5.92 Å². The van der Waals surface area contributed by atoms with E-state index in [-0.39, 0.29) is 4.34 Å². The standard InChI is InChI=1S/C15H26N4O3S2/c1-3-9-16-14-18-19-15(23-14)24(21,22)11(2)13(20)17-10-12-7-5-4-6-8-12/h11-12H,3-10H2,1-2H3,(H,16,18)(H,17,20)/t11-/m0/s1. The van der Waals surface area contributed by atoms with E-state index in [0.29, 0.717) is 24.1 Å². The quantitative estimate of drug-likeness (QED) is 0.723. The number of sulfone groups is 1. The molecule has 0 unspecified atom stereocenters. The maximum atomic E-state index is 12.5. The summed E-state index contributed by atoms with van der Waals surface area (Å²) in [5, 5.41) is 12.7. The Morgan fingerprint density at radius 1 is 1.29 bits per heavy atom. The first kappa shape index (κ1) is 19.1. The minimum atomic E-state index is -3.80. The van der Waals surface area contributed by atoms with Crippen molar-refractivity contribution in [1.82, 2.24) is 15.5 Å². The molecule has 7 nitrogen and oxygen atoms in total. The van der Waals surface area contributed by atoms with Crippen LogP contribution in [0.3, 0.4) is 0 Å². The van der Waals surface area contributed by atoms with Gasteiger partial charge in [0.15, 0.2) is 0 Å². The van der Waals surface area contributed by atoms with Crippen LogP contribution in [0.4, 0.5) is 5.13 Å². The first-order valence-electron chi connectivity index (χ1n) is 8.54. The topological polar surface area (TPSA) is 101 Å². The lowest BCUT2D eigenvalue weighted by molar-refractivity contribution is -0.120. The second kappa shape index (κ2) is 8.75. The fourth-order valence-electron chi connectivity index (χ4n) is 2.70. The first-order valence-corrected chi connectivity index (χ1v) is 10.9. The SMILES string of the molecule is CCCNc1nnc(S(=O)(=O)[C@@H](C)C(=O)NCC2CCCCC2)s1. The maximum Gasteiger partial charge on any atom is 0.238 e. The van der Waals surface area contributed by atoms with Crippen molar-refractivity contribution >= 4 is 32.2 Å². The summed E-state index contributed by atoms with van der Waals surface area (Å²) in [5.41, 5.74) is 0. The second-order valence-electron chi connectivity index (χ2n) is 6.24. The van der Waals surface area contributed by atoms with E-state index in [0.717, 1.165) is 30.6 Å². The molecule has 0 spiro atoms. The number of hydrogen-bond acceptors (Lipinski definition) is 7. The average molecular weight is 375 g/mol. The second-order valence-corrected chi connectivity index (χ2v) is 9.66. The largest absolute Gasteiger partial charge is 0.360 e. The van der Waals surface area contributed by atoms with Crippen LogP contribution in [0.25, 0.3) is 0 Å². The molecule has 0 saturated heterocycles. The van der Waals surface area contributed by atoms with E-state index >= 15 is 0 Å². The highest BCUT2D eigenvalue weighted by Crippen LogP contribution is 2.25. The molecule has 136 valence electrons. The molecule has 1 saturated carbocycles. The molecule has 9 heteroatoms. The Morgan fingerprint density at radius 3 is 2.67 bits per heavy atom. The van der Waals surface area contributed by atoms with Crippen LogP contribution in [0.2, 0.25) is 0 Å². The van der Waals surface area contributed by atoms with Crippen LogP contribution in [-0.4, -0.2) is 42.9 Å². The van der Waals surface area contributed by atoms with Crippen molar-refractivity contribution in [3.63, 3.8) is 0 Å². The summed E-state index contributed by atoms with van der Waals surface area (Å²) < 4.78 is 25.0. The van der Waals surface area contributed by atoms with Gasteiger partial charge in [0, 0.05) is 13.1 Å². The zero-order chi connectivity index (χ0) is 17.6. The number of amides is 1. The van der Waals surface area contributed by atoms with Gasteiger partial charge in [-0.25, -0.2) is 8.42 Å². The van der Waals surface area contributed by atoms with Crippen LogP contribution in [0.1, 0.15) is 52.4 Å². The molecule has 1 atom stereocenters. The number of aromatic nitrogens is 2. The summed E-state index contributed by atoms with van der Waals surface area (Å²) in [7, 11) is -3.80. The Morgan fingerprint density at radius 2 is 2.00 bits per heavy atom. The molecule has 1 aliphatic carbocycles. The van der Waals surface area contributed by atoms with Crippen LogP contribution in [0.15, 0.2) is 4.34 Å². The van der Waals surface area contributed by atoms with Gasteiger partial charge < -0.3 is 10.6 Å². The third kappa shape index (κ3) is 4.89. The molecule has 1 aromatic rings. The van der Waals surface area contributed by atoms with Gasteiger partial charge in [0.1, 0.15) is 5.25 Å². The third-order valence-corrected chi connectivity index (χ3v) is 7.64. The fraction of sp³-hybridized carbons (Fsp3) is 0.800. The highest BCUT2D eigenvalue weighted by Gasteiger charge is 2.33. The number of hydrogen-bond donors (Lipinski definition) is 2. The van der Waals surface area contributed by atoms with Gasteiger partial charge in [0.2, 0.25) is 25.2 Å². The molecule has 0 radical (unpaired) electrons. The molecule has 1 heterocycles. The predicted octanol–water partition coefficient (Wildman–Crippen LogP) is 2.22. The smallest absolute Gasteiger partial charge is 0.238 e. The summed E-state index contributed by atoms with van der Waals surface area (Å²) in [6, 6.07) is 0. The molecule has 0 aliphatic heterocycles. The Kier molecular flexibility index (Phi) is 6.97. The molecule has 1 aromatic heterocycles. The summed E-state index contributed by atoms with van der Waals surface area (Å²) in [6.45, 7) is 4.67. The van der Waals surface area contributed by atoms with Gasteiger partial charge >= 0.3 is 0 Å². The summed E-state index contributed by atoms with van der Waals surface area (Å²) in [4.78, 5) is 12.2. The highest BCUT2D eigenvalue weighted by molar-refractivity contribution is 7.94. The number of carbonyl (C=O) groups is 1. The number of carbonyl (C=O) groups excluding carboxylic acids is 1. The number of rotatable bonds is 8. The van der Waals surface area contributed by atoms with E-state index < -0.39 is 21.0 Å². The average Bonchev–Trinajstić information content (AvgIpc) is 3.07. The lowest BCUT2D eigenvalue weighted by Gasteiger charge is -2.22. The maximum absolute atomic E-state index is 12.5. The van der Waals surface area contributed by atoms with Crippen molar-refractivity contribution in [2.75, 3.05) is 18.4 Å². The molecule has 2 N–H and O–H groups in total. The molecule has 0 bridgehead atoms. The first-order chi connectivity index (χ1) is 11.4. The van der Waals surface area contributed by atoms with Crippen LogP contribution in [-0.2, 0) is 14.6 Å². The van der Waals surface area contributed by atoms with Crippen LogP contribution >= 0.6 is 11.3 Å². The lowest BCUT2D eigenvalue weighted by atomic mass is 9.89. The Labute approximate surface area is 147 Å². The molecular formula is C15H26N4O3S2.